The van der Waals surface area contributed by atoms with Crippen molar-refractivity contribution in [3.05, 3.63) is 33.8 Å². The lowest BCUT2D eigenvalue weighted by atomic mass is 9.84. The second-order valence-corrected chi connectivity index (χ2v) is 4.90. The molecule has 2 heteroatoms. The smallest absolute Gasteiger partial charge is 0.0210 e. The van der Waals surface area contributed by atoms with Crippen molar-refractivity contribution in [1.82, 2.24) is 5.32 Å². The van der Waals surface area contributed by atoms with Crippen LogP contribution < -0.4 is 5.32 Å². The molecule has 0 bridgehead atoms. The first-order valence-corrected chi connectivity index (χ1v) is 6.01. The van der Waals surface area contributed by atoms with Crippen LogP contribution in [-0.2, 0) is 12.8 Å². The summed E-state index contributed by atoms with van der Waals surface area (Å²) in [4.78, 5) is 0. The Morgan fingerprint density at radius 3 is 3.14 bits per heavy atom. The van der Waals surface area contributed by atoms with Gasteiger partial charge in [-0.2, -0.15) is 0 Å². The minimum Gasteiger partial charge on any atom is -0.319 e. The standard InChI is InChI=1S/C12H16BrN/c1-14-8-9-5-6-10-3-2-4-12(13)11(10)7-9/h2-4,9,14H,5-8H2,1H3. The molecular formula is C12H16BrN. The third-order valence-corrected chi connectivity index (χ3v) is 3.77. The lowest BCUT2D eigenvalue weighted by Gasteiger charge is -2.25. The van der Waals surface area contributed by atoms with Crippen molar-refractivity contribution in [2.75, 3.05) is 13.6 Å². The molecule has 76 valence electrons. The van der Waals surface area contributed by atoms with Crippen LogP contribution in [0.5, 0.6) is 0 Å². The van der Waals surface area contributed by atoms with Gasteiger partial charge in [-0.25, -0.2) is 0 Å². The maximum atomic E-state index is 3.64. The minimum absolute atomic E-state index is 0.811. The van der Waals surface area contributed by atoms with Gasteiger partial charge in [-0.1, -0.05) is 28.1 Å². The summed E-state index contributed by atoms with van der Waals surface area (Å²) in [6.45, 7) is 1.14. The van der Waals surface area contributed by atoms with Gasteiger partial charge in [0.25, 0.3) is 0 Å². The number of aryl methyl sites for hydroxylation is 1. The van der Waals surface area contributed by atoms with E-state index in [0.717, 1.165) is 12.5 Å². The van der Waals surface area contributed by atoms with Crippen molar-refractivity contribution in [1.29, 1.82) is 0 Å². The molecule has 1 nitrogen and oxygen atoms in total. The van der Waals surface area contributed by atoms with Gasteiger partial charge in [0, 0.05) is 4.47 Å². The zero-order valence-corrected chi connectivity index (χ0v) is 10.1. The van der Waals surface area contributed by atoms with Gasteiger partial charge in [-0.05, 0) is 56.0 Å². The van der Waals surface area contributed by atoms with Crippen LogP contribution in [0.3, 0.4) is 0 Å². The number of nitrogens with one attached hydrogen (secondary N) is 1. The van der Waals surface area contributed by atoms with Crippen molar-refractivity contribution in [3.8, 4) is 0 Å². The summed E-state index contributed by atoms with van der Waals surface area (Å²) in [5.41, 5.74) is 3.06. The first-order valence-electron chi connectivity index (χ1n) is 5.22. The van der Waals surface area contributed by atoms with E-state index >= 15 is 0 Å². The van der Waals surface area contributed by atoms with E-state index in [2.05, 4.69) is 39.4 Å². The van der Waals surface area contributed by atoms with Crippen molar-refractivity contribution in [3.63, 3.8) is 0 Å². The molecule has 0 spiro atoms. The van der Waals surface area contributed by atoms with E-state index in [-0.39, 0.29) is 0 Å². The first kappa shape index (κ1) is 10.2. The molecule has 0 heterocycles. The van der Waals surface area contributed by atoms with Gasteiger partial charge in [0.05, 0.1) is 0 Å². The predicted molar refractivity (Wildman–Crippen MR) is 63.6 cm³/mol. The van der Waals surface area contributed by atoms with Crippen LogP contribution in [0.25, 0.3) is 0 Å². The van der Waals surface area contributed by atoms with Gasteiger partial charge >= 0.3 is 0 Å². The molecule has 1 atom stereocenters. The topological polar surface area (TPSA) is 12.0 Å². The van der Waals surface area contributed by atoms with E-state index in [1.54, 1.807) is 0 Å². The van der Waals surface area contributed by atoms with Crippen LogP contribution in [0.4, 0.5) is 0 Å². The molecule has 1 aromatic carbocycles. The fraction of sp³-hybridized carbons (Fsp3) is 0.500. The predicted octanol–water partition coefficient (Wildman–Crippen LogP) is 2.77. The highest BCUT2D eigenvalue weighted by Gasteiger charge is 2.19. The highest BCUT2D eigenvalue weighted by atomic mass is 79.9. The molecular weight excluding hydrogens is 238 g/mol. The number of hydrogen-bond acceptors (Lipinski definition) is 1. The van der Waals surface area contributed by atoms with E-state index in [0.29, 0.717) is 0 Å². The van der Waals surface area contributed by atoms with Crippen LogP contribution in [0.1, 0.15) is 17.5 Å². The zero-order valence-electron chi connectivity index (χ0n) is 8.52. The molecule has 14 heavy (non-hydrogen) atoms. The molecule has 1 aliphatic rings. The van der Waals surface area contributed by atoms with Crippen LogP contribution in [0.15, 0.2) is 22.7 Å². The number of fused-ring (bicyclic) bond motifs is 1. The molecule has 0 saturated carbocycles. The minimum atomic E-state index is 0.811. The molecule has 0 saturated heterocycles. The molecule has 0 fully saturated rings. The molecule has 0 radical (unpaired) electrons. The normalized spacial score (nSPS) is 20.6. The third kappa shape index (κ3) is 2.01. The molecule has 0 aromatic heterocycles. The molecule has 1 unspecified atom stereocenters. The van der Waals surface area contributed by atoms with E-state index < -0.39 is 0 Å². The first-order chi connectivity index (χ1) is 6.81. The van der Waals surface area contributed by atoms with Gasteiger partial charge in [0.1, 0.15) is 0 Å². The average Bonchev–Trinajstić information content (AvgIpc) is 2.20. The van der Waals surface area contributed by atoms with E-state index in [9.17, 15) is 0 Å². The summed E-state index contributed by atoms with van der Waals surface area (Å²) in [5.74, 6) is 0.811. The van der Waals surface area contributed by atoms with E-state index in [1.165, 1.54) is 34.9 Å². The Morgan fingerprint density at radius 2 is 2.36 bits per heavy atom. The van der Waals surface area contributed by atoms with Gasteiger partial charge in [0.15, 0.2) is 0 Å². The van der Waals surface area contributed by atoms with Crippen LogP contribution >= 0.6 is 15.9 Å². The highest BCUT2D eigenvalue weighted by Crippen LogP contribution is 2.30. The summed E-state index contributed by atoms with van der Waals surface area (Å²) in [5, 5.41) is 3.27. The largest absolute Gasteiger partial charge is 0.319 e. The van der Waals surface area contributed by atoms with Crippen LogP contribution in [0.2, 0.25) is 0 Å². The Hall–Kier alpha value is -0.340. The molecule has 2 rings (SSSR count). The fourth-order valence-corrected chi connectivity index (χ4v) is 2.85. The van der Waals surface area contributed by atoms with E-state index in [4.69, 9.17) is 0 Å². The lowest BCUT2D eigenvalue weighted by molar-refractivity contribution is 0.439. The summed E-state index contributed by atoms with van der Waals surface area (Å²) in [7, 11) is 2.04. The van der Waals surface area contributed by atoms with E-state index in [1.807, 2.05) is 7.05 Å². The van der Waals surface area contributed by atoms with Gasteiger partial charge in [-0.3, -0.25) is 0 Å². The molecule has 0 amide bonds. The highest BCUT2D eigenvalue weighted by molar-refractivity contribution is 9.10. The quantitative estimate of drug-likeness (QED) is 0.855. The van der Waals surface area contributed by atoms with Crippen LogP contribution in [0, 0.1) is 5.92 Å². The third-order valence-electron chi connectivity index (χ3n) is 3.02. The average molecular weight is 254 g/mol. The van der Waals surface area contributed by atoms with Crippen molar-refractivity contribution in [2.45, 2.75) is 19.3 Å². The lowest BCUT2D eigenvalue weighted by Crippen LogP contribution is -2.24. The van der Waals surface area contributed by atoms with Gasteiger partial charge < -0.3 is 5.32 Å². The number of rotatable bonds is 2. The maximum Gasteiger partial charge on any atom is 0.0210 e. The number of benzene rings is 1. The Balaban J connectivity index is 2.20. The van der Waals surface area contributed by atoms with Gasteiger partial charge in [0.2, 0.25) is 0 Å². The van der Waals surface area contributed by atoms with Gasteiger partial charge in [-0.15, -0.1) is 0 Å². The molecule has 0 aliphatic heterocycles. The number of halogens is 1. The summed E-state index contributed by atoms with van der Waals surface area (Å²) >= 11 is 3.64. The molecule has 1 N–H and O–H groups in total. The van der Waals surface area contributed by atoms with Crippen molar-refractivity contribution < 1.29 is 0 Å². The second kappa shape index (κ2) is 4.45. The summed E-state index contributed by atoms with van der Waals surface area (Å²) in [6, 6.07) is 6.55. The SMILES string of the molecule is CNCC1CCc2cccc(Br)c2C1. The molecule has 1 aromatic rings. The van der Waals surface area contributed by atoms with Crippen molar-refractivity contribution in [2.24, 2.45) is 5.92 Å². The maximum absolute atomic E-state index is 3.64. The zero-order chi connectivity index (χ0) is 9.97. The fourth-order valence-electron chi connectivity index (χ4n) is 2.28. The number of hydrogen-bond donors (Lipinski definition) is 1. The Bertz CT molecular complexity index is 322. The monoisotopic (exact) mass is 253 g/mol. The Morgan fingerprint density at radius 1 is 1.50 bits per heavy atom. The summed E-state index contributed by atoms with van der Waals surface area (Å²) < 4.78 is 1.29. The Labute approximate surface area is 94.0 Å². The second-order valence-electron chi connectivity index (χ2n) is 4.04. The molecule has 1 aliphatic carbocycles. The summed E-state index contributed by atoms with van der Waals surface area (Å²) in [6.07, 6.45) is 3.78. The van der Waals surface area contributed by atoms with Crippen molar-refractivity contribution >= 4 is 15.9 Å². The Kier molecular flexibility index (Phi) is 3.24. The van der Waals surface area contributed by atoms with Crippen LogP contribution in [-0.4, -0.2) is 13.6 Å².